The van der Waals surface area contributed by atoms with Crippen molar-refractivity contribution in [1.82, 2.24) is 19.7 Å². The minimum absolute atomic E-state index is 0.126. The van der Waals surface area contributed by atoms with Crippen LogP contribution in [0.2, 0.25) is 0 Å². The molecular formula is C27H28F2N8. The lowest BCUT2D eigenvalue weighted by Crippen LogP contribution is -2.33. The van der Waals surface area contributed by atoms with Gasteiger partial charge in [0.2, 0.25) is 0 Å². The number of fused-ring (bicyclic) bond motifs is 2. The number of hydrogen-bond donors (Lipinski definition) is 3. The average Bonchev–Trinajstić information content (AvgIpc) is 3.35. The Kier molecular flexibility index (Phi) is 5.27. The molecule has 1 aliphatic heterocycles. The second-order valence-electron chi connectivity index (χ2n) is 10.1. The van der Waals surface area contributed by atoms with E-state index < -0.39 is 17.0 Å². The third-order valence-electron chi connectivity index (χ3n) is 8.29. The first-order valence-corrected chi connectivity index (χ1v) is 12.3. The lowest BCUT2D eigenvalue weighted by Gasteiger charge is -2.27. The summed E-state index contributed by atoms with van der Waals surface area (Å²) >= 11 is 0. The predicted octanol–water partition coefficient (Wildman–Crippen LogP) is 3.30. The molecule has 37 heavy (non-hydrogen) atoms. The number of nitrogens with zero attached hydrogens (tertiary/aromatic N) is 5. The third-order valence-corrected chi connectivity index (χ3v) is 8.29. The van der Waals surface area contributed by atoms with E-state index in [1.807, 2.05) is 32.3 Å². The highest BCUT2D eigenvalue weighted by Gasteiger charge is 2.66. The fraction of sp³-hybridized carbons (Fsp3) is 0.333. The van der Waals surface area contributed by atoms with Gasteiger partial charge in [0.05, 0.1) is 17.4 Å². The molecule has 2 aromatic carbocycles. The van der Waals surface area contributed by atoms with Crippen molar-refractivity contribution in [2.75, 3.05) is 30.3 Å². The first kappa shape index (κ1) is 23.5. The highest BCUT2D eigenvalue weighted by atomic mass is 19.1. The molecule has 2 fully saturated rings. The Hall–Kier alpha value is -3.92. The number of hydrogen-bond acceptors (Lipinski definition) is 7. The molecule has 3 atom stereocenters. The number of benzene rings is 2. The molecule has 0 amide bonds. The zero-order valence-corrected chi connectivity index (χ0v) is 20.7. The zero-order valence-electron chi connectivity index (χ0n) is 20.7. The minimum Gasteiger partial charge on any atom is -0.382 e. The molecule has 3 heterocycles. The van der Waals surface area contributed by atoms with E-state index in [1.165, 1.54) is 12.1 Å². The predicted molar refractivity (Wildman–Crippen MR) is 139 cm³/mol. The van der Waals surface area contributed by atoms with Gasteiger partial charge < -0.3 is 16.4 Å². The van der Waals surface area contributed by atoms with Crippen LogP contribution in [0, 0.1) is 35.8 Å². The molecule has 1 aliphatic carbocycles. The van der Waals surface area contributed by atoms with Gasteiger partial charge in [-0.1, -0.05) is 12.1 Å². The van der Waals surface area contributed by atoms with Crippen molar-refractivity contribution >= 4 is 28.3 Å². The number of nitrogens with two attached hydrogens (primary N) is 2. The van der Waals surface area contributed by atoms with E-state index in [-0.39, 0.29) is 23.4 Å². The molecule has 10 heteroatoms. The van der Waals surface area contributed by atoms with Crippen LogP contribution in [0.1, 0.15) is 28.8 Å². The second kappa shape index (κ2) is 8.31. The zero-order chi connectivity index (χ0) is 26.1. The van der Waals surface area contributed by atoms with E-state index in [0.29, 0.717) is 36.7 Å². The fourth-order valence-corrected chi connectivity index (χ4v) is 6.35. The van der Waals surface area contributed by atoms with E-state index in [0.717, 1.165) is 34.5 Å². The molecule has 0 radical (unpaired) electrons. The molecule has 0 spiro atoms. The number of rotatable bonds is 5. The summed E-state index contributed by atoms with van der Waals surface area (Å²) in [5, 5.41) is 14.2. The summed E-state index contributed by atoms with van der Waals surface area (Å²) in [5.41, 5.74) is 15.5. The molecule has 0 bridgehead atoms. The molecule has 5 N–H and O–H groups in total. The number of nitrogen functional groups attached to an aromatic ring is 1. The molecule has 4 aromatic rings. The largest absolute Gasteiger partial charge is 0.382 e. The van der Waals surface area contributed by atoms with E-state index >= 15 is 0 Å². The Morgan fingerprint density at radius 1 is 1.22 bits per heavy atom. The van der Waals surface area contributed by atoms with Crippen LogP contribution in [0.5, 0.6) is 0 Å². The lowest BCUT2D eigenvalue weighted by atomic mass is 9.90. The summed E-state index contributed by atoms with van der Waals surface area (Å²) in [6.45, 7) is 3.58. The van der Waals surface area contributed by atoms with Crippen molar-refractivity contribution in [2.24, 2.45) is 24.6 Å². The maximum Gasteiger partial charge on any atom is 0.154 e. The van der Waals surface area contributed by atoms with Gasteiger partial charge in [-0.05, 0) is 48.4 Å². The number of halogens is 2. The van der Waals surface area contributed by atoms with Gasteiger partial charge in [-0.25, -0.2) is 18.7 Å². The number of aromatic nitrogens is 4. The van der Waals surface area contributed by atoms with Gasteiger partial charge in [0, 0.05) is 55.3 Å². The topological polar surface area (TPSA) is 123 Å². The molecule has 0 unspecified atom stereocenters. The fourth-order valence-electron chi connectivity index (χ4n) is 6.35. The molecule has 2 aliphatic rings. The van der Waals surface area contributed by atoms with E-state index in [9.17, 15) is 8.78 Å². The highest BCUT2D eigenvalue weighted by molar-refractivity contribution is 6.14. The second-order valence-corrected chi connectivity index (χ2v) is 10.1. The van der Waals surface area contributed by atoms with E-state index in [1.54, 1.807) is 10.9 Å². The summed E-state index contributed by atoms with van der Waals surface area (Å²) in [6.07, 6.45) is 4.38. The van der Waals surface area contributed by atoms with E-state index in [2.05, 4.69) is 20.0 Å². The number of aryl methyl sites for hydroxylation is 2. The normalized spacial score (nSPS) is 22.8. The van der Waals surface area contributed by atoms with Gasteiger partial charge in [0.1, 0.15) is 23.1 Å². The Morgan fingerprint density at radius 3 is 2.76 bits per heavy atom. The number of anilines is 2. The summed E-state index contributed by atoms with van der Waals surface area (Å²) in [4.78, 5) is 11.2. The molecule has 1 saturated carbocycles. The van der Waals surface area contributed by atoms with Crippen LogP contribution >= 0.6 is 0 Å². The maximum atomic E-state index is 14.7. The van der Waals surface area contributed by atoms with Crippen LogP contribution in [-0.2, 0) is 12.5 Å². The average molecular weight is 503 g/mol. The maximum absolute atomic E-state index is 14.7. The smallest absolute Gasteiger partial charge is 0.154 e. The van der Waals surface area contributed by atoms with Crippen molar-refractivity contribution in [1.29, 1.82) is 5.41 Å². The van der Waals surface area contributed by atoms with Crippen molar-refractivity contribution in [3.8, 4) is 0 Å². The molecule has 8 nitrogen and oxygen atoms in total. The van der Waals surface area contributed by atoms with Gasteiger partial charge >= 0.3 is 0 Å². The van der Waals surface area contributed by atoms with Gasteiger partial charge in [0.15, 0.2) is 5.82 Å². The summed E-state index contributed by atoms with van der Waals surface area (Å²) in [7, 11) is 1.87. The molecule has 1 saturated heterocycles. The van der Waals surface area contributed by atoms with Crippen LogP contribution in [0.15, 0.2) is 42.7 Å². The number of piperidine rings is 1. The minimum atomic E-state index is -0.592. The van der Waals surface area contributed by atoms with Gasteiger partial charge in [-0.3, -0.25) is 10.1 Å². The van der Waals surface area contributed by atoms with Crippen LogP contribution in [0.3, 0.4) is 0 Å². The van der Waals surface area contributed by atoms with Crippen molar-refractivity contribution in [3.63, 3.8) is 0 Å². The van der Waals surface area contributed by atoms with Crippen molar-refractivity contribution < 1.29 is 8.78 Å². The Morgan fingerprint density at radius 2 is 2.03 bits per heavy atom. The van der Waals surface area contributed by atoms with Crippen LogP contribution in [0.25, 0.3) is 10.9 Å². The lowest BCUT2D eigenvalue weighted by molar-refractivity contribution is 0.522. The third kappa shape index (κ3) is 3.50. The SMILES string of the molecule is Cc1c(C(=N)c2ncc(N3CC[C@@H]4[C@H](C3)[C@@]4(CN)c3ccc(F)cc3F)nc2N)ccc2nn(C)cc12. The van der Waals surface area contributed by atoms with Gasteiger partial charge in [-0.15, -0.1) is 0 Å². The van der Waals surface area contributed by atoms with Crippen molar-refractivity contribution in [2.45, 2.75) is 18.8 Å². The van der Waals surface area contributed by atoms with Crippen LogP contribution in [-0.4, -0.2) is 45.1 Å². The Labute approximate surface area is 212 Å². The first-order chi connectivity index (χ1) is 17.7. The number of nitrogens with one attached hydrogen (secondary N) is 1. The molecule has 190 valence electrons. The summed E-state index contributed by atoms with van der Waals surface area (Å²) in [5.74, 6) is 0.0201. The Balaban J connectivity index is 1.25. The molecule has 2 aromatic heterocycles. The van der Waals surface area contributed by atoms with Crippen LogP contribution < -0.4 is 16.4 Å². The molecular weight excluding hydrogens is 474 g/mol. The summed E-state index contributed by atoms with van der Waals surface area (Å²) < 4.78 is 30.0. The van der Waals surface area contributed by atoms with Crippen LogP contribution in [0.4, 0.5) is 20.4 Å². The van der Waals surface area contributed by atoms with E-state index in [4.69, 9.17) is 16.9 Å². The summed E-state index contributed by atoms with van der Waals surface area (Å²) in [6, 6.07) is 7.51. The molecule has 6 rings (SSSR count). The Bertz CT molecular complexity index is 1560. The van der Waals surface area contributed by atoms with Gasteiger partial charge in [0.25, 0.3) is 0 Å². The van der Waals surface area contributed by atoms with Crippen molar-refractivity contribution in [3.05, 3.63) is 76.7 Å². The monoisotopic (exact) mass is 502 g/mol. The standard InChI is InChI=1S/C27H28F2N8/c1-14-16(4-6-22-17(14)11-36(2)35-22)24(31)25-26(32)34-23(10-33-25)37-8-7-18-20(12-37)27(18,13-30)19-5-3-15(28)9-21(19)29/h3-6,9-11,18,20,31H,7-8,12-13,30H2,1-2H3,(H2,32,34)/t18-,20+,27-/m1/s1. The quantitative estimate of drug-likeness (QED) is 0.360. The highest BCUT2D eigenvalue weighted by Crippen LogP contribution is 2.63. The first-order valence-electron chi connectivity index (χ1n) is 12.3. The van der Waals surface area contributed by atoms with Gasteiger partial charge in [-0.2, -0.15) is 5.10 Å².